The molecule has 0 spiro atoms. The third kappa shape index (κ3) is 3.19. The Balaban J connectivity index is 1.75. The van der Waals surface area contributed by atoms with Gasteiger partial charge in [0.05, 0.1) is 6.54 Å². The van der Waals surface area contributed by atoms with Gasteiger partial charge in [-0.25, -0.2) is 9.78 Å². The van der Waals surface area contributed by atoms with Crippen molar-refractivity contribution < 1.29 is 14.7 Å². The summed E-state index contributed by atoms with van der Waals surface area (Å²) in [6, 6.07) is 0. The Bertz CT molecular complexity index is 413. The van der Waals surface area contributed by atoms with Crippen LogP contribution in [-0.2, 0) is 11.3 Å². The van der Waals surface area contributed by atoms with Gasteiger partial charge in [0.25, 0.3) is 0 Å². The normalized spacial score (nSPS) is 16.6. The number of aromatic nitrogens is 1. The first-order valence-electron chi connectivity index (χ1n) is 5.81. The third-order valence-electron chi connectivity index (χ3n) is 3.03. The molecule has 0 aromatic carbocycles. The summed E-state index contributed by atoms with van der Waals surface area (Å²) >= 11 is 1.50. The average molecular weight is 269 g/mol. The topological polar surface area (TPSA) is 82.5 Å². The molecule has 7 heteroatoms. The second-order valence-electron chi connectivity index (χ2n) is 4.19. The fourth-order valence-corrected chi connectivity index (χ4v) is 2.54. The van der Waals surface area contributed by atoms with Crippen molar-refractivity contribution in [1.82, 2.24) is 15.2 Å². The van der Waals surface area contributed by atoms with Crippen molar-refractivity contribution in [3.05, 3.63) is 16.6 Å². The van der Waals surface area contributed by atoms with Crippen molar-refractivity contribution in [3.63, 3.8) is 0 Å². The monoisotopic (exact) mass is 269 g/mol. The SMILES string of the molecule is O=C(NCc1nccs1)C1CCN(C(=O)O)CC1. The number of piperidine rings is 1. The van der Waals surface area contributed by atoms with Gasteiger partial charge in [0, 0.05) is 30.6 Å². The van der Waals surface area contributed by atoms with Crippen LogP contribution in [0.25, 0.3) is 0 Å². The van der Waals surface area contributed by atoms with E-state index in [1.54, 1.807) is 6.20 Å². The standard InChI is InChI=1S/C11H15N3O3S/c15-10(13-7-9-12-3-6-18-9)8-1-4-14(5-2-8)11(16)17/h3,6,8H,1-2,4-5,7H2,(H,13,15)(H,16,17). The highest BCUT2D eigenvalue weighted by atomic mass is 32.1. The third-order valence-corrected chi connectivity index (χ3v) is 3.81. The molecule has 0 unspecified atom stereocenters. The van der Waals surface area contributed by atoms with Crippen LogP contribution in [0, 0.1) is 5.92 Å². The van der Waals surface area contributed by atoms with E-state index in [0.717, 1.165) is 5.01 Å². The second kappa shape index (κ2) is 5.81. The molecule has 0 aliphatic carbocycles. The molecule has 6 nitrogen and oxygen atoms in total. The number of carboxylic acid groups (broad SMARTS) is 1. The van der Waals surface area contributed by atoms with E-state index >= 15 is 0 Å². The molecule has 1 saturated heterocycles. The number of hydrogen-bond donors (Lipinski definition) is 2. The van der Waals surface area contributed by atoms with Gasteiger partial charge in [-0.3, -0.25) is 4.79 Å². The van der Waals surface area contributed by atoms with Crippen LogP contribution in [0.3, 0.4) is 0 Å². The molecule has 1 aromatic heterocycles. The van der Waals surface area contributed by atoms with Gasteiger partial charge in [-0.1, -0.05) is 0 Å². The number of amides is 2. The van der Waals surface area contributed by atoms with E-state index in [0.29, 0.717) is 32.5 Å². The first-order valence-corrected chi connectivity index (χ1v) is 6.68. The maximum Gasteiger partial charge on any atom is 0.407 e. The minimum atomic E-state index is -0.906. The minimum absolute atomic E-state index is 0.00441. The van der Waals surface area contributed by atoms with Gasteiger partial charge >= 0.3 is 6.09 Å². The molecule has 2 heterocycles. The van der Waals surface area contributed by atoms with Crippen LogP contribution in [0.1, 0.15) is 17.8 Å². The lowest BCUT2D eigenvalue weighted by molar-refractivity contribution is -0.126. The van der Waals surface area contributed by atoms with Crippen LogP contribution in [-0.4, -0.2) is 40.1 Å². The molecule has 2 N–H and O–H groups in total. The van der Waals surface area contributed by atoms with Crippen LogP contribution in [0.2, 0.25) is 0 Å². The van der Waals surface area contributed by atoms with Crippen molar-refractivity contribution >= 4 is 23.3 Å². The highest BCUT2D eigenvalue weighted by Gasteiger charge is 2.26. The second-order valence-corrected chi connectivity index (χ2v) is 5.17. The number of likely N-dealkylation sites (tertiary alicyclic amines) is 1. The molecule has 1 aromatic rings. The maximum atomic E-state index is 11.9. The number of rotatable bonds is 3. The average Bonchev–Trinajstić information content (AvgIpc) is 2.89. The summed E-state index contributed by atoms with van der Waals surface area (Å²) in [7, 11) is 0. The summed E-state index contributed by atoms with van der Waals surface area (Å²) in [5, 5.41) is 14.4. The first kappa shape index (κ1) is 12.8. The summed E-state index contributed by atoms with van der Waals surface area (Å²) in [6.07, 6.45) is 1.99. The molecule has 2 rings (SSSR count). The summed E-state index contributed by atoms with van der Waals surface area (Å²) < 4.78 is 0. The predicted octanol–water partition coefficient (Wildman–Crippen LogP) is 1.15. The van der Waals surface area contributed by atoms with Gasteiger partial charge in [-0.05, 0) is 12.8 Å². The molecule has 1 aliphatic heterocycles. The molecule has 18 heavy (non-hydrogen) atoms. The zero-order valence-corrected chi connectivity index (χ0v) is 10.7. The maximum absolute atomic E-state index is 11.9. The van der Waals surface area contributed by atoms with Crippen molar-refractivity contribution in [2.24, 2.45) is 5.92 Å². The van der Waals surface area contributed by atoms with E-state index in [9.17, 15) is 9.59 Å². The van der Waals surface area contributed by atoms with Gasteiger partial charge in [0.15, 0.2) is 0 Å². The lowest BCUT2D eigenvalue weighted by Gasteiger charge is -2.29. The number of thiazole rings is 1. The molecular formula is C11H15N3O3S. The zero-order chi connectivity index (χ0) is 13.0. The zero-order valence-electron chi connectivity index (χ0n) is 9.83. The van der Waals surface area contributed by atoms with E-state index in [2.05, 4.69) is 10.3 Å². The molecule has 0 atom stereocenters. The fourth-order valence-electron chi connectivity index (χ4n) is 1.98. The minimum Gasteiger partial charge on any atom is -0.465 e. The summed E-state index contributed by atoms with van der Waals surface area (Å²) in [4.78, 5) is 28.0. The quantitative estimate of drug-likeness (QED) is 0.862. The fraction of sp³-hybridized carbons (Fsp3) is 0.545. The van der Waals surface area contributed by atoms with Gasteiger partial charge in [-0.2, -0.15) is 0 Å². The molecule has 1 fully saturated rings. The molecule has 0 bridgehead atoms. The van der Waals surface area contributed by atoms with Crippen molar-refractivity contribution in [1.29, 1.82) is 0 Å². The first-order chi connectivity index (χ1) is 8.66. The Hall–Kier alpha value is -1.63. The molecule has 0 saturated carbocycles. The Labute approximate surface area is 109 Å². The lowest BCUT2D eigenvalue weighted by atomic mass is 9.96. The predicted molar refractivity (Wildman–Crippen MR) is 66.3 cm³/mol. The lowest BCUT2D eigenvalue weighted by Crippen LogP contribution is -2.42. The Morgan fingerprint density at radius 2 is 2.22 bits per heavy atom. The van der Waals surface area contributed by atoms with Crippen molar-refractivity contribution in [3.8, 4) is 0 Å². The van der Waals surface area contributed by atoms with Gasteiger partial charge < -0.3 is 15.3 Å². The number of carbonyl (C=O) groups excluding carboxylic acids is 1. The van der Waals surface area contributed by atoms with Gasteiger partial charge in [-0.15, -0.1) is 11.3 Å². The van der Waals surface area contributed by atoms with Gasteiger partial charge in [0.1, 0.15) is 5.01 Å². The van der Waals surface area contributed by atoms with E-state index in [1.807, 2.05) is 5.38 Å². The largest absolute Gasteiger partial charge is 0.465 e. The molecule has 1 aliphatic rings. The Morgan fingerprint density at radius 3 is 2.78 bits per heavy atom. The van der Waals surface area contributed by atoms with Gasteiger partial charge in [0.2, 0.25) is 5.91 Å². The summed E-state index contributed by atoms with van der Waals surface area (Å²) in [5.74, 6) is -0.0872. The molecule has 2 amide bonds. The number of carbonyl (C=O) groups is 2. The van der Waals surface area contributed by atoms with E-state index in [4.69, 9.17) is 5.11 Å². The Kier molecular flexibility index (Phi) is 4.14. The van der Waals surface area contributed by atoms with Crippen LogP contribution in [0.5, 0.6) is 0 Å². The van der Waals surface area contributed by atoms with Crippen molar-refractivity contribution in [2.45, 2.75) is 19.4 Å². The Morgan fingerprint density at radius 1 is 1.50 bits per heavy atom. The highest BCUT2D eigenvalue weighted by Crippen LogP contribution is 2.17. The smallest absolute Gasteiger partial charge is 0.407 e. The summed E-state index contributed by atoms with van der Waals surface area (Å²) in [5.41, 5.74) is 0. The summed E-state index contributed by atoms with van der Waals surface area (Å²) in [6.45, 7) is 1.32. The number of nitrogens with zero attached hydrogens (tertiary/aromatic N) is 2. The van der Waals surface area contributed by atoms with E-state index < -0.39 is 6.09 Å². The van der Waals surface area contributed by atoms with Crippen LogP contribution in [0.4, 0.5) is 4.79 Å². The molecule has 98 valence electrons. The van der Waals surface area contributed by atoms with E-state index in [-0.39, 0.29) is 11.8 Å². The number of nitrogens with one attached hydrogen (secondary N) is 1. The highest BCUT2D eigenvalue weighted by molar-refractivity contribution is 7.09. The van der Waals surface area contributed by atoms with Crippen LogP contribution < -0.4 is 5.32 Å². The van der Waals surface area contributed by atoms with E-state index in [1.165, 1.54) is 16.2 Å². The molecular weight excluding hydrogens is 254 g/mol. The molecule has 0 radical (unpaired) electrons. The van der Waals surface area contributed by atoms with Crippen LogP contribution in [0.15, 0.2) is 11.6 Å². The van der Waals surface area contributed by atoms with Crippen molar-refractivity contribution in [2.75, 3.05) is 13.1 Å². The van der Waals surface area contributed by atoms with Crippen LogP contribution >= 0.6 is 11.3 Å². The number of hydrogen-bond acceptors (Lipinski definition) is 4.